The summed E-state index contributed by atoms with van der Waals surface area (Å²) in [6.07, 6.45) is 7.56. The second-order valence-electron chi connectivity index (χ2n) is 7.15. The van der Waals surface area contributed by atoms with Crippen LogP contribution in [0.2, 0.25) is 0 Å². The Balaban J connectivity index is 1.37. The zero-order chi connectivity index (χ0) is 20.8. The smallest absolute Gasteiger partial charge is 0.290 e. The zero-order valence-electron chi connectivity index (χ0n) is 16.5. The van der Waals surface area contributed by atoms with E-state index in [0.717, 1.165) is 29.2 Å². The van der Waals surface area contributed by atoms with Gasteiger partial charge in [-0.15, -0.1) is 11.8 Å². The maximum Gasteiger partial charge on any atom is 0.290 e. The van der Waals surface area contributed by atoms with E-state index in [4.69, 9.17) is 4.42 Å². The molecule has 1 fully saturated rings. The molecule has 1 N–H and O–H groups in total. The lowest BCUT2D eigenvalue weighted by Crippen LogP contribution is -2.49. The first-order valence-corrected chi connectivity index (χ1v) is 11.0. The Morgan fingerprint density at radius 1 is 1.13 bits per heavy atom. The van der Waals surface area contributed by atoms with Crippen LogP contribution in [-0.4, -0.2) is 34.3 Å². The van der Waals surface area contributed by atoms with E-state index in [1.165, 1.54) is 11.8 Å². The van der Waals surface area contributed by atoms with Crippen molar-refractivity contribution in [2.45, 2.75) is 36.0 Å². The van der Waals surface area contributed by atoms with Crippen LogP contribution in [0.3, 0.4) is 0 Å². The summed E-state index contributed by atoms with van der Waals surface area (Å²) in [5.74, 6) is 0.711. The lowest BCUT2D eigenvalue weighted by Gasteiger charge is -2.34. The molecule has 1 aromatic carbocycles. The van der Waals surface area contributed by atoms with Crippen molar-refractivity contribution in [2.24, 2.45) is 0 Å². The summed E-state index contributed by atoms with van der Waals surface area (Å²) in [4.78, 5) is 32.5. The molecular formula is C23H23N3O3S. The minimum Gasteiger partial charge on any atom is -0.459 e. The molecule has 1 saturated heterocycles. The predicted octanol–water partition coefficient (Wildman–Crippen LogP) is 4.60. The molecule has 1 aliphatic rings. The molecule has 0 saturated carbocycles. The summed E-state index contributed by atoms with van der Waals surface area (Å²) in [6, 6.07) is 14.6. The number of aromatic nitrogens is 1. The number of nitrogens with zero attached hydrogens (tertiary/aromatic N) is 2. The van der Waals surface area contributed by atoms with Crippen LogP contribution in [0.15, 0.2) is 76.5 Å². The van der Waals surface area contributed by atoms with Gasteiger partial charge in [0.2, 0.25) is 5.91 Å². The average molecular weight is 422 g/mol. The summed E-state index contributed by atoms with van der Waals surface area (Å²) in [6.45, 7) is 0.557. The predicted molar refractivity (Wildman–Crippen MR) is 116 cm³/mol. The van der Waals surface area contributed by atoms with Gasteiger partial charge >= 0.3 is 0 Å². The lowest BCUT2D eigenvalue weighted by atomic mass is 10.0. The third-order valence-electron chi connectivity index (χ3n) is 5.05. The highest BCUT2D eigenvalue weighted by Crippen LogP contribution is 2.25. The standard InChI is InChI=1S/C23H23N3O3S/c27-22(20-6-1-2-13-26(20)23(28)21-7-4-14-29-21)25-18-8-10-19(11-9-18)30-16-17-5-3-12-24-15-17/h3-5,7-12,14-15,20H,1-2,6,13,16H2,(H,25,27). The fourth-order valence-electron chi connectivity index (χ4n) is 3.50. The summed E-state index contributed by atoms with van der Waals surface area (Å²) in [5.41, 5.74) is 1.89. The van der Waals surface area contributed by atoms with Crippen molar-refractivity contribution >= 4 is 29.3 Å². The monoisotopic (exact) mass is 421 g/mol. The SMILES string of the molecule is O=C(Nc1ccc(SCc2cccnc2)cc1)C1CCCCN1C(=O)c1ccco1. The maximum absolute atomic E-state index is 12.9. The lowest BCUT2D eigenvalue weighted by molar-refractivity contribution is -0.121. The number of amides is 2. The highest BCUT2D eigenvalue weighted by Gasteiger charge is 2.33. The Labute approximate surface area is 179 Å². The molecule has 1 aliphatic heterocycles. The molecule has 30 heavy (non-hydrogen) atoms. The molecule has 3 aromatic rings. The van der Waals surface area contributed by atoms with E-state index in [-0.39, 0.29) is 17.6 Å². The van der Waals surface area contributed by atoms with Crippen LogP contribution in [-0.2, 0) is 10.5 Å². The molecule has 1 unspecified atom stereocenters. The van der Waals surface area contributed by atoms with E-state index < -0.39 is 6.04 Å². The molecule has 2 aromatic heterocycles. The van der Waals surface area contributed by atoms with Crippen molar-refractivity contribution in [3.63, 3.8) is 0 Å². The number of carbonyl (C=O) groups is 2. The van der Waals surface area contributed by atoms with Gasteiger partial charge in [0.15, 0.2) is 5.76 Å². The summed E-state index contributed by atoms with van der Waals surface area (Å²) in [7, 11) is 0. The Morgan fingerprint density at radius 2 is 2.00 bits per heavy atom. The second kappa shape index (κ2) is 9.63. The van der Waals surface area contributed by atoms with E-state index in [2.05, 4.69) is 16.4 Å². The van der Waals surface area contributed by atoms with Crippen molar-refractivity contribution in [3.8, 4) is 0 Å². The number of hydrogen-bond acceptors (Lipinski definition) is 5. The van der Waals surface area contributed by atoms with Crippen LogP contribution in [0.5, 0.6) is 0 Å². The quantitative estimate of drug-likeness (QED) is 0.589. The Morgan fingerprint density at radius 3 is 2.73 bits per heavy atom. The molecule has 3 heterocycles. The molecule has 6 nitrogen and oxygen atoms in total. The normalized spacial score (nSPS) is 16.3. The van der Waals surface area contributed by atoms with Gasteiger partial charge in [0.05, 0.1) is 6.26 Å². The molecule has 0 bridgehead atoms. The maximum atomic E-state index is 12.9. The number of thioether (sulfide) groups is 1. The summed E-state index contributed by atoms with van der Waals surface area (Å²) < 4.78 is 5.23. The first-order valence-electron chi connectivity index (χ1n) is 9.98. The van der Waals surface area contributed by atoms with Crippen molar-refractivity contribution < 1.29 is 14.0 Å². The largest absolute Gasteiger partial charge is 0.459 e. The number of rotatable bonds is 6. The number of piperidine rings is 1. The topological polar surface area (TPSA) is 75.4 Å². The average Bonchev–Trinajstić information content (AvgIpc) is 3.34. The van der Waals surface area contributed by atoms with Gasteiger partial charge in [-0.1, -0.05) is 6.07 Å². The molecule has 154 valence electrons. The number of anilines is 1. The van der Waals surface area contributed by atoms with Gasteiger partial charge in [-0.3, -0.25) is 14.6 Å². The van der Waals surface area contributed by atoms with Gasteiger partial charge in [-0.05, 0) is 67.3 Å². The van der Waals surface area contributed by atoms with Crippen LogP contribution in [0.1, 0.15) is 35.4 Å². The molecule has 2 amide bonds. The van der Waals surface area contributed by atoms with Crippen LogP contribution in [0.4, 0.5) is 5.69 Å². The van der Waals surface area contributed by atoms with Gasteiger partial charge in [-0.25, -0.2) is 0 Å². The first kappa shape index (κ1) is 20.2. The highest BCUT2D eigenvalue weighted by atomic mass is 32.2. The number of furan rings is 1. The molecule has 4 rings (SSSR count). The zero-order valence-corrected chi connectivity index (χ0v) is 17.3. The summed E-state index contributed by atoms with van der Waals surface area (Å²) >= 11 is 1.72. The van der Waals surface area contributed by atoms with Gasteiger partial charge in [0.25, 0.3) is 5.91 Å². The molecule has 0 aliphatic carbocycles. The molecule has 0 radical (unpaired) electrons. The summed E-state index contributed by atoms with van der Waals surface area (Å²) in [5, 5.41) is 2.96. The van der Waals surface area contributed by atoms with Gasteiger partial charge in [0, 0.05) is 35.3 Å². The van der Waals surface area contributed by atoms with E-state index >= 15 is 0 Å². The number of benzene rings is 1. The minimum atomic E-state index is -0.490. The third kappa shape index (κ3) is 4.91. The van der Waals surface area contributed by atoms with Crippen molar-refractivity contribution in [3.05, 3.63) is 78.5 Å². The van der Waals surface area contributed by atoms with Crippen molar-refractivity contribution in [1.29, 1.82) is 0 Å². The third-order valence-corrected chi connectivity index (χ3v) is 6.13. The van der Waals surface area contributed by atoms with Crippen molar-refractivity contribution in [1.82, 2.24) is 9.88 Å². The van der Waals surface area contributed by atoms with Gasteiger partial charge in [0.1, 0.15) is 6.04 Å². The van der Waals surface area contributed by atoms with Gasteiger partial charge in [-0.2, -0.15) is 0 Å². The van der Waals surface area contributed by atoms with E-state index in [1.807, 2.05) is 36.5 Å². The number of nitrogens with one attached hydrogen (secondary N) is 1. The van der Waals surface area contributed by atoms with E-state index in [0.29, 0.717) is 13.0 Å². The van der Waals surface area contributed by atoms with Crippen LogP contribution >= 0.6 is 11.8 Å². The number of carbonyl (C=O) groups excluding carboxylic acids is 2. The fourth-order valence-corrected chi connectivity index (χ4v) is 4.33. The van der Waals surface area contributed by atoms with Gasteiger partial charge < -0.3 is 14.6 Å². The number of likely N-dealkylation sites (tertiary alicyclic amines) is 1. The number of pyridine rings is 1. The van der Waals surface area contributed by atoms with Crippen LogP contribution < -0.4 is 5.32 Å². The molecule has 1 atom stereocenters. The molecular weight excluding hydrogens is 398 g/mol. The Kier molecular flexibility index (Phi) is 6.49. The Bertz CT molecular complexity index is 975. The highest BCUT2D eigenvalue weighted by molar-refractivity contribution is 7.98. The van der Waals surface area contributed by atoms with Crippen molar-refractivity contribution in [2.75, 3.05) is 11.9 Å². The number of hydrogen-bond donors (Lipinski definition) is 1. The van der Waals surface area contributed by atoms with E-state index in [1.54, 1.807) is 35.0 Å². The van der Waals surface area contributed by atoms with E-state index in [9.17, 15) is 9.59 Å². The fraction of sp³-hybridized carbons (Fsp3) is 0.261. The first-order chi connectivity index (χ1) is 14.7. The molecule has 7 heteroatoms. The minimum absolute atomic E-state index is 0.162. The Hall–Kier alpha value is -3.06. The molecule has 0 spiro atoms. The van der Waals surface area contributed by atoms with Crippen LogP contribution in [0, 0.1) is 0 Å². The van der Waals surface area contributed by atoms with Crippen LogP contribution in [0.25, 0.3) is 0 Å². The second-order valence-corrected chi connectivity index (χ2v) is 8.20.